The summed E-state index contributed by atoms with van der Waals surface area (Å²) in [5.74, 6) is -1.25. The van der Waals surface area contributed by atoms with E-state index in [4.69, 9.17) is 0 Å². The lowest BCUT2D eigenvalue weighted by Gasteiger charge is -2.10. The van der Waals surface area contributed by atoms with E-state index in [0.29, 0.717) is 11.5 Å². The number of aromatic nitrogens is 1. The van der Waals surface area contributed by atoms with Crippen LogP contribution in [0, 0.1) is 11.7 Å². The molecule has 0 bridgehead atoms. The van der Waals surface area contributed by atoms with Crippen LogP contribution in [0.2, 0.25) is 0 Å². The first-order valence-corrected chi connectivity index (χ1v) is 8.08. The number of pyridine rings is 1. The fourth-order valence-electron chi connectivity index (χ4n) is 2.31. The van der Waals surface area contributed by atoms with Crippen molar-refractivity contribution in [1.29, 1.82) is 0 Å². The second-order valence-electron chi connectivity index (χ2n) is 6.02. The van der Waals surface area contributed by atoms with Gasteiger partial charge in [-0.25, -0.2) is 9.37 Å². The minimum absolute atomic E-state index is 0.0255. The molecule has 1 heterocycles. The molecule has 1 aromatic heterocycles. The van der Waals surface area contributed by atoms with E-state index in [1.807, 2.05) is 0 Å². The number of hydrogen-bond acceptors (Lipinski definition) is 4. The highest BCUT2D eigenvalue weighted by Gasteiger charge is 2.29. The van der Waals surface area contributed by atoms with Crippen LogP contribution < -0.4 is 16.0 Å². The minimum Gasteiger partial charge on any atom is -0.324 e. The number of nitrogens with one attached hydrogen (secondary N) is 3. The molecule has 0 radical (unpaired) electrons. The van der Waals surface area contributed by atoms with Gasteiger partial charge in [0, 0.05) is 30.3 Å². The third kappa shape index (κ3) is 4.41. The molecule has 0 spiro atoms. The molecule has 3 rings (SSSR count). The first kappa shape index (κ1) is 17.5. The second kappa shape index (κ2) is 7.30. The van der Waals surface area contributed by atoms with E-state index < -0.39 is 17.6 Å². The molecule has 1 aliphatic carbocycles. The average Bonchev–Trinajstić information content (AvgIpc) is 3.43. The van der Waals surface area contributed by atoms with Crippen LogP contribution in [-0.2, 0) is 9.59 Å². The zero-order chi connectivity index (χ0) is 18.7. The summed E-state index contributed by atoms with van der Waals surface area (Å²) < 4.78 is 13.7. The molecule has 0 aliphatic heterocycles. The third-order valence-corrected chi connectivity index (χ3v) is 3.76. The number of amides is 3. The number of hydrogen-bond donors (Lipinski definition) is 3. The molecule has 7 nitrogen and oxygen atoms in total. The number of halogens is 1. The fourth-order valence-corrected chi connectivity index (χ4v) is 2.31. The van der Waals surface area contributed by atoms with Gasteiger partial charge in [0.1, 0.15) is 11.6 Å². The Balaban J connectivity index is 1.71. The number of nitrogens with zero attached hydrogens (tertiary/aromatic N) is 1. The number of carbonyl (C=O) groups is 3. The van der Waals surface area contributed by atoms with Gasteiger partial charge in [0.15, 0.2) is 0 Å². The molecule has 1 saturated carbocycles. The first-order valence-electron chi connectivity index (χ1n) is 8.08. The average molecular weight is 356 g/mol. The Hall–Kier alpha value is -3.29. The summed E-state index contributed by atoms with van der Waals surface area (Å²) in [6.07, 6.45) is 3.16. The Morgan fingerprint density at radius 1 is 1.08 bits per heavy atom. The molecule has 26 heavy (non-hydrogen) atoms. The van der Waals surface area contributed by atoms with Gasteiger partial charge >= 0.3 is 0 Å². The Labute approximate surface area is 149 Å². The SMILES string of the molecule is CC(=O)Nc1cc(NC(=O)c2ccnc(NC(=O)C3CC3)c2)ccc1F. The maximum Gasteiger partial charge on any atom is 0.255 e. The molecular formula is C18H17FN4O3. The standard InChI is InChI=1S/C18H17FN4O3/c1-10(24)21-15-9-13(4-5-14(15)19)22-18(26)12-6-7-20-16(8-12)23-17(25)11-2-3-11/h4-9,11H,2-3H2,1H3,(H,21,24)(H,22,26)(H,20,23,25). The molecule has 8 heteroatoms. The van der Waals surface area contributed by atoms with Gasteiger partial charge in [-0.1, -0.05) is 0 Å². The normalized spacial score (nSPS) is 13.0. The van der Waals surface area contributed by atoms with Crippen molar-refractivity contribution in [2.75, 3.05) is 16.0 Å². The minimum atomic E-state index is -0.604. The van der Waals surface area contributed by atoms with Crippen molar-refractivity contribution >= 4 is 34.9 Å². The van der Waals surface area contributed by atoms with Crippen LogP contribution in [0.15, 0.2) is 36.5 Å². The van der Waals surface area contributed by atoms with E-state index in [1.54, 1.807) is 0 Å². The largest absolute Gasteiger partial charge is 0.324 e. The van der Waals surface area contributed by atoms with Crippen molar-refractivity contribution in [1.82, 2.24) is 4.98 Å². The topological polar surface area (TPSA) is 100 Å². The summed E-state index contributed by atoms with van der Waals surface area (Å²) in [7, 11) is 0. The highest BCUT2D eigenvalue weighted by molar-refractivity contribution is 6.05. The van der Waals surface area contributed by atoms with E-state index in [1.165, 1.54) is 37.4 Å². The summed E-state index contributed by atoms with van der Waals surface area (Å²) in [5.41, 5.74) is 0.583. The Bertz CT molecular complexity index is 880. The highest BCUT2D eigenvalue weighted by atomic mass is 19.1. The summed E-state index contributed by atoms with van der Waals surface area (Å²) in [6.45, 7) is 1.26. The third-order valence-electron chi connectivity index (χ3n) is 3.76. The van der Waals surface area contributed by atoms with Gasteiger partial charge in [0.2, 0.25) is 11.8 Å². The maximum atomic E-state index is 13.7. The van der Waals surface area contributed by atoms with Gasteiger partial charge in [-0.15, -0.1) is 0 Å². The Morgan fingerprint density at radius 2 is 1.85 bits per heavy atom. The Morgan fingerprint density at radius 3 is 2.54 bits per heavy atom. The van der Waals surface area contributed by atoms with Crippen LogP contribution in [0.25, 0.3) is 0 Å². The van der Waals surface area contributed by atoms with Crippen molar-refractivity contribution in [3.05, 3.63) is 47.9 Å². The van der Waals surface area contributed by atoms with Crippen molar-refractivity contribution in [2.24, 2.45) is 5.92 Å². The predicted octanol–water partition coefficient (Wildman–Crippen LogP) is 2.78. The monoisotopic (exact) mass is 356 g/mol. The van der Waals surface area contributed by atoms with E-state index in [9.17, 15) is 18.8 Å². The summed E-state index contributed by atoms with van der Waals surface area (Å²) in [5, 5.41) is 7.64. The lowest BCUT2D eigenvalue weighted by Crippen LogP contribution is -2.16. The van der Waals surface area contributed by atoms with Crippen LogP contribution in [0.4, 0.5) is 21.6 Å². The highest BCUT2D eigenvalue weighted by Crippen LogP contribution is 2.30. The van der Waals surface area contributed by atoms with E-state index in [2.05, 4.69) is 20.9 Å². The van der Waals surface area contributed by atoms with Gasteiger partial charge in [-0.3, -0.25) is 14.4 Å². The van der Waals surface area contributed by atoms with Crippen molar-refractivity contribution in [2.45, 2.75) is 19.8 Å². The zero-order valence-electron chi connectivity index (χ0n) is 14.0. The van der Waals surface area contributed by atoms with Crippen LogP contribution in [-0.4, -0.2) is 22.7 Å². The van der Waals surface area contributed by atoms with Crippen molar-refractivity contribution < 1.29 is 18.8 Å². The molecule has 1 aliphatic rings. The quantitative estimate of drug-likeness (QED) is 0.767. The van der Waals surface area contributed by atoms with E-state index in [0.717, 1.165) is 18.9 Å². The van der Waals surface area contributed by atoms with Crippen molar-refractivity contribution in [3.63, 3.8) is 0 Å². The number of rotatable bonds is 5. The second-order valence-corrected chi connectivity index (χ2v) is 6.02. The molecule has 2 aromatic rings. The van der Waals surface area contributed by atoms with Crippen LogP contribution in [0.5, 0.6) is 0 Å². The molecular weight excluding hydrogens is 339 g/mol. The van der Waals surface area contributed by atoms with Gasteiger partial charge in [0.05, 0.1) is 5.69 Å². The summed E-state index contributed by atoms with van der Waals surface area (Å²) in [6, 6.07) is 6.82. The van der Waals surface area contributed by atoms with Gasteiger partial charge in [-0.2, -0.15) is 0 Å². The summed E-state index contributed by atoms with van der Waals surface area (Å²) >= 11 is 0. The van der Waals surface area contributed by atoms with Gasteiger partial charge in [0.25, 0.3) is 5.91 Å². The smallest absolute Gasteiger partial charge is 0.255 e. The van der Waals surface area contributed by atoms with Crippen LogP contribution in [0.1, 0.15) is 30.1 Å². The molecule has 0 unspecified atom stereocenters. The molecule has 0 atom stereocenters. The van der Waals surface area contributed by atoms with Gasteiger partial charge in [-0.05, 0) is 43.2 Å². The van der Waals surface area contributed by atoms with E-state index in [-0.39, 0.29) is 23.1 Å². The number of anilines is 3. The molecule has 134 valence electrons. The molecule has 1 aromatic carbocycles. The predicted molar refractivity (Wildman–Crippen MR) is 94.2 cm³/mol. The molecule has 0 saturated heterocycles. The number of carbonyl (C=O) groups excluding carboxylic acids is 3. The van der Waals surface area contributed by atoms with Crippen LogP contribution in [0.3, 0.4) is 0 Å². The summed E-state index contributed by atoms with van der Waals surface area (Å²) in [4.78, 5) is 39.3. The van der Waals surface area contributed by atoms with Crippen LogP contribution >= 0.6 is 0 Å². The lowest BCUT2D eigenvalue weighted by molar-refractivity contribution is -0.117. The molecule has 3 amide bonds. The van der Waals surface area contributed by atoms with Crippen molar-refractivity contribution in [3.8, 4) is 0 Å². The Kier molecular flexibility index (Phi) is 4.92. The molecule has 3 N–H and O–H groups in total. The first-order chi connectivity index (χ1) is 12.4. The fraction of sp³-hybridized carbons (Fsp3) is 0.222. The number of benzene rings is 1. The molecule has 1 fully saturated rings. The zero-order valence-corrected chi connectivity index (χ0v) is 14.0. The maximum absolute atomic E-state index is 13.7. The lowest BCUT2D eigenvalue weighted by atomic mass is 10.2. The van der Waals surface area contributed by atoms with Gasteiger partial charge < -0.3 is 16.0 Å². The van der Waals surface area contributed by atoms with E-state index >= 15 is 0 Å².